The van der Waals surface area contributed by atoms with E-state index in [1.807, 2.05) is 0 Å². The van der Waals surface area contributed by atoms with E-state index in [0.717, 1.165) is 18.7 Å². The Balaban J connectivity index is 2.06. The molecule has 1 aliphatic heterocycles. The predicted molar refractivity (Wildman–Crippen MR) is 81.1 cm³/mol. The van der Waals surface area contributed by atoms with Crippen molar-refractivity contribution >= 4 is 18.3 Å². The van der Waals surface area contributed by atoms with E-state index in [2.05, 4.69) is 73.6 Å². The summed E-state index contributed by atoms with van der Waals surface area (Å²) in [6, 6.07) is 10.5. The van der Waals surface area contributed by atoms with Crippen LogP contribution in [0.2, 0.25) is 0 Å². The van der Waals surface area contributed by atoms with Crippen LogP contribution in [0.3, 0.4) is 0 Å². The van der Waals surface area contributed by atoms with Gasteiger partial charge in [0.05, 0.1) is 0 Å². The van der Waals surface area contributed by atoms with Gasteiger partial charge in [-0.2, -0.15) is 0 Å². The molecule has 0 bridgehead atoms. The Morgan fingerprint density at radius 1 is 1.17 bits per heavy atom. The summed E-state index contributed by atoms with van der Waals surface area (Å²) in [4.78, 5) is 6.82. The van der Waals surface area contributed by atoms with Crippen LogP contribution in [0.25, 0.3) is 0 Å². The number of rotatable bonds is 3. The summed E-state index contributed by atoms with van der Waals surface area (Å²) in [6.45, 7) is 7.29. The lowest BCUT2D eigenvalue weighted by Gasteiger charge is -2.34. The molecule has 18 heavy (non-hydrogen) atoms. The third-order valence-electron chi connectivity index (χ3n) is 3.59. The van der Waals surface area contributed by atoms with Gasteiger partial charge in [0, 0.05) is 18.0 Å². The smallest absolute Gasteiger partial charge is 0.166 e. The van der Waals surface area contributed by atoms with Gasteiger partial charge in [0.1, 0.15) is 0 Å². The zero-order valence-electron chi connectivity index (χ0n) is 11.2. The minimum atomic E-state index is -0.0441. The minimum Gasteiger partial charge on any atom is -0.345 e. The molecular formula is C15H20N2S. The number of hydrogen-bond donors (Lipinski definition) is 1. The van der Waals surface area contributed by atoms with Crippen molar-refractivity contribution in [3.05, 3.63) is 47.2 Å². The monoisotopic (exact) mass is 260 g/mol. The van der Waals surface area contributed by atoms with Crippen LogP contribution in [-0.4, -0.2) is 22.7 Å². The van der Waals surface area contributed by atoms with Crippen molar-refractivity contribution < 1.29 is 0 Å². The second kappa shape index (κ2) is 5.61. The van der Waals surface area contributed by atoms with Crippen molar-refractivity contribution in [3.8, 4) is 0 Å². The maximum absolute atomic E-state index is 4.57. The lowest BCUT2D eigenvalue weighted by Crippen LogP contribution is -2.35. The van der Waals surface area contributed by atoms with Crippen LogP contribution in [-0.2, 0) is 6.42 Å². The van der Waals surface area contributed by atoms with Crippen LogP contribution in [0.5, 0.6) is 0 Å². The van der Waals surface area contributed by atoms with Crippen molar-refractivity contribution in [1.29, 1.82) is 0 Å². The molecule has 3 heteroatoms. The number of aliphatic imine (C=N–C) groups is 1. The fourth-order valence-corrected chi connectivity index (χ4v) is 2.63. The number of hydrogen-bond acceptors (Lipinski definition) is 3. The van der Waals surface area contributed by atoms with Crippen LogP contribution < -0.4 is 0 Å². The molecular weight excluding hydrogens is 240 g/mol. The lowest BCUT2D eigenvalue weighted by molar-refractivity contribution is 0.329. The number of nitrogens with zero attached hydrogens (tertiary/aromatic N) is 2. The standard InChI is InChI=1S/C15H20N2S/c1-11-12(2)16-15(18)17(13(11)3)10-9-14-7-5-4-6-8-14/h4-8,15,18H,9-10H2,1-3H3. The lowest BCUT2D eigenvalue weighted by atomic mass is 10.1. The Labute approximate surface area is 115 Å². The Morgan fingerprint density at radius 2 is 1.83 bits per heavy atom. The van der Waals surface area contributed by atoms with Gasteiger partial charge in [-0.1, -0.05) is 30.3 Å². The average molecular weight is 260 g/mol. The fourth-order valence-electron chi connectivity index (χ4n) is 2.17. The fraction of sp³-hybridized carbons (Fsp3) is 0.400. The first-order valence-corrected chi connectivity index (χ1v) is 6.82. The van der Waals surface area contributed by atoms with Crippen molar-refractivity contribution in [3.63, 3.8) is 0 Å². The SMILES string of the molecule is CC1=NC(S)N(CCc2ccccc2)C(C)=C1C. The van der Waals surface area contributed by atoms with Gasteiger partial charge in [-0.25, -0.2) is 0 Å². The molecule has 0 aromatic heterocycles. The molecule has 0 spiro atoms. The summed E-state index contributed by atoms with van der Waals surface area (Å²) in [6.07, 6.45) is 1.02. The van der Waals surface area contributed by atoms with Crippen molar-refractivity contribution in [2.45, 2.75) is 32.7 Å². The molecule has 1 heterocycles. The van der Waals surface area contributed by atoms with Crippen molar-refractivity contribution in [1.82, 2.24) is 4.90 Å². The molecule has 0 fully saturated rings. The molecule has 1 aromatic carbocycles. The summed E-state index contributed by atoms with van der Waals surface area (Å²) in [7, 11) is 0. The summed E-state index contributed by atoms with van der Waals surface area (Å²) >= 11 is 4.57. The zero-order chi connectivity index (χ0) is 13.1. The summed E-state index contributed by atoms with van der Waals surface area (Å²) < 4.78 is 0. The van der Waals surface area contributed by atoms with Gasteiger partial charge in [-0.05, 0) is 38.3 Å². The Morgan fingerprint density at radius 3 is 2.50 bits per heavy atom. The van der Waals surface area contributed by atoms with Gasteiger partial charge >= 0.3 is 0 Å². The van der Waals surface area contributed by atoms with E-state index in [-0.39, 0.29) is 5.50 Å². The molecule has 2 rings (SSSR count). The topological polar surface area (TPSA) is 15.6 Å². The molecule has 0 saturated carbocycles. The van der Waals surface area contributed by atoms with E-state index >= 15 is 0 Å². The first-order valence-electron chi connectivity index (χ1n) is 6.30. The zero-order valence-corrected chi connectivity index (χ0v) is 12.1. The number of benzene rings is 1. The highest BCUT2D eigenvalue weighted by atomic mass is 32.1. The van der Waals surface area contributed by atoms with Crippen LogP contribution in [0.15, 0.2) is 46.6 Å². The highest BCUT2D eigenvalue weighted by Gasteiger charge is 2.21. The first kappa shape index (κ1) is 13.2. The van der Waals surface area contributed by atoms with Crippen molar-refractivity contribution in [2.24, 2.45) is 4.99 Å². The summed E-state index contributed by atoms with van der Waals surface area (Å²) in [5, 5.41) is 0. The molecule has 0 N–H and O–H groups in total. The average Bonchev–Trinajstić information content (AvgIpc) is 2.37. The summed E-state index contributed by atoms with van der Waals surface area (Å²) in [5.41, 5.74) is 4.97. The van der Waals surface area contributed by atoms with Crippen LogP contribution in [0.1, 0.15) is 26.3 Å². The van der Waals surface area contributed by atoms with E-state index in [0.29, 0.717) is 0 Å². The van der Waals surface area contributed by atoms with Gasteiger partial charge in [0.2, 0.25) is 0 Å². The van der Waals surface area contributed by atoms with Gasteiger partial charge < -0.3 is 4.90 Å². The molecule has 0 aliphatic carbocycles. The Kier molecular flexibility index (Phi) is 4.12. The molecule has 0 radical (unpaired) electrons. The molecule has 1 aliphatic rings. The Bertz CT molecular complexity index is 477. The predicted octanol–water partition coefficient (Wildman–Crippen LogP) is 3.51. The maximum atomic E-state index is 4.57. The Hall–Kier alpha value is -1.22. The van der Waals surface area contributed by atoms with Gasteiger partial charge in [-0.3, -0.25) is 4.99 Å². The van der Waals surface area contributed by atoms with Gasteiger partial charge in [0.15, 0.2) is 5.50 Å². The van der Waals surface area contributed by atoms with Crippen LogP contribution >= 0.6 is 12.6 Å². The van der Waals surface area contributed by atoms with Gasteiger partial charge in [0.25, 0.3) is 0 Å². The third kappa shape index (κ3) is 2.78. The molecule has 0 amide bonds. The second-order valence-electron chi connectivity index (χ2n) is 4.70. The second-order valence-corrected chi connectivity index (χ2v) is 5.16. The van der Waals surface area contributed by atoms with Crippen LogP contribution in [0.4, 0.5) is 0 Å². The molecule has 0 saturated heterocycles. The van der Waals surface area contributed by atoms with E-state index in [1.165, 1.54) is 16.8 Å². The maximum Gasteiger partial charge on any atom is 0.166 e. The third-order valence-corrected chi connectivity index (χ3v) is 3.98. The van der Waals surface area contributed by atoms with Crippen LogP contribution in [0, 0.1) is 0 Å². The minimum absolute atomic E-state index is 0.0441. The molecule has 1 aromatic rings. The van der Waals surface area contributed by atoms with E-state index in [9.17, 15) is 0 Å². The molecule has 2 nitrogen and oxygen atoms in total. The van der Waals surface area contributed by atoms with Crippen molar-refractivity contribution in [2.75, 3.05) is 6.54 Å². The molecule has 96 valence electrons. The summed E-state index contributed by atoms with van der Waals surface area (Å²) in [5.74, 6) is 0. The van der Waals surface area contributed by atoms with Gasteiger partial charge in [-0.15, -0.1) is 12.6 Å². The number of thiol groups is 1. The molecule has 1 unspecified atom stereocenters. The largest absolute Gasteiger partial charge is 0.345 e. The highest BCUT2D eigenvalue weighted by Crippen LogP contribution is 2.23. The van der Waals surface area contributed by atoms with E-state index in [1.54, 1.807) is 0 Å². The normalized spacial score (nSPS) is 20.1. The number of allylic oxidation sites excluding steroid dienone is 2. The quantitative estimate of drug-likeness (QED) is 0.822. The highest BCUT2D eigenvalue weighted by molar-refractivity contribution is 7.80. The van der Waals surface area contributed by atoms with E-state index < -0.39 is 0 Å². The molecule has 1 atom stereocenters. The first-order chi connectivity index (χ1) is 8.59. The van der Waals surface area contributed by atoms with E-state index in [4.69, 9.17) is 0 Å².